The summed E-state index contributed by atoms with van der Waals surface area (Å²) in [5.74, 6) is 0.0767. The van der Waals surface area contributed by atoms with Gasteiger partial charge >= 0.3 is 0 Å². The number of piperidine rings is 1. The van der Waals surface area contributed by atoms with Gasteiger partial charge in [0.25, 0.3) is 0 Å². The summed E-state index contributed by atoms with van der Waals surface area (Å²) in [6.07, 6.45) is 1.40. The fraction of sp³-hybridized carbons (Fsp3) is 0.455. The normalized spacial score (nSPS) is 16.3. The standard InChI is InChI=1S/C22H26N4O2S/c1-14(13-26-16(3)12-15(2)24-26)22(28)25-10-8-17(9-11-25)20(27)21-23-18-6-4-5-7-19(18)29-21/h4-7,12,14,17H,8-11,13H2,1-3H3. The number of Topliss-reactive ketones (excluding diaryl/α,β-unsaturated/α-hetero) is 1. The van der Waals surface area contributed by atoms with Crippen LogP contribution in [0, 0.1) is 25.7 Å². The number of rotatable bonds is 5. The van der Waals surface area contributed by atoms with Crippen molar-refractivity contribution < 1.29 is 9.59 Å². The fourth-order valence-electron chi connectivity index (χ4n) is 4.02. The van der Waals surface area contributed by atoms with E-state index in [4.69, 9.17) is 0 Å². The molecule has 3 heterocycles. The number of likely N-dealkylation sites (tertiary alicyclic amines) is 1. The topological polar surface area (TPSA) is 68.1 Å². The number of fused-ring (bicyclic) bond motifs is 1. The number of hydrogen-bond donors (Lipinski definition) is 0. The molecule has 0 radical (unpaired) electrons. The zero-order valence-electron chi connectivity index (χ0n) is 17.1. The minimum atomic E-state index is -0.135. The molecule has 1 aliphatic rings. The number of carbonyl (C=O) groups is 2. The van der Waals surface area contributed by atoms with E-state index in [1.54, 1.807) is 0 Å². The number of aromatic nitrogens is 3. The summed E-state index contributed by atoms with van der Waals surface area (Å²) in [6, 6.07) is 9.86. The molecule has 0 saturated carbocycles. The molecule has 2 aromatic heterocycles. The average molecular weight is 411 g/mol. The molecule has 1 amide bonds. The number of aryl methyl sites for hydroxylation is 2. The second-order valence-corrected chi connectivity index (χ2v) is 8.99. The number of nitrogens with zero attached hydrogens (tertiary/aromatic N) is 4. The molecular formula is C22H26N4O2S. The number of amides is 1. The molecular weight excluding hydrogens is 384 g/mol. The lowest BCUT2D eigenvalue weighted by Crippen LogP contribution is -2.43. The quantitative estimate of drug-likeness (QED) is 0.599. The van der Waals surface area contributed by atoms with Crippen LogP contribution in [-0.2, 0) is 11.3 Å². The van der Waals surface area contributed by atoms with Gasteiger partial charge in [-0.1, -0.05) is 19.1 Å². The zero-order chi connectivity index (χ0) is 20.5. The Morgan fingerprint density at radius 3 is 2.59 bits per heavy atom. The van der Waals surface area contributed by atoms with Gasteiger partial charge in [-0.05, 0) is 44.9 Å². The molecule has 1 fully saturated rings. The highest BCUT2D eigenvalue weighted by Gasteiger charge is 2.31. The predicted molar refractivity (Wildman–Crippen MR) is 114 cm³/mol. The summed E-state index contributed by atoms with van der Waals surface area (Å²) in [4.78, 5) is 32.2. The molecule has 0 aliphatic carbocycles. The van der Waals surface area contributed by atoms with Gasteiger partial charge in [-0.3, -0.25) is 14.3 Å². The number of thiazole rings is 1. The highest BCUT2D eigenvalue weighted by Crippen LogP contribution is 2.28. The van der Waals surface area contributed by atoms with Crippen molar-refractivity contribution in [2.24, 2.45) is 11.8 Å². The molecule has 152 valence electrons. The molecule has 0 spiro atoms. The van der Waals surface area contributed by atoms with E-state index in [9.17, 15) is 9.59 Å². The van der Waals surface area contributed by atoms with Crippen LogP contribution < -0.4 is 0 Å². The first-order chi connectivity index (χ1) is 13.9. The van der Waals surface area contributed by atoms with Crippen molar-refractivity contribution in [2.75, 3.05) is 13.1 Å². The van der Waals surface area contributed by atoms with Crippen LogP contribution in [0.15, 0.2) is 30.3 Å². The molecule has 1 atom stereocenters. The van der Waals surface area contributed by atoms with Crippen LogP contribution in [0.1, 0.15) is 41.0 Å². The Balaban J connectivity index is 1.35. The number of para-hydroxylation sites is 1. The first kappa shape index (κ1) is 19.8. The third-order valence-corrected chi connectivity index (χ3v) is 6.70. The van der Waals surface area contributed by atoms with Gasteiger partial charge in [0.1, 0.15) is 0 Å². The van der Waals surface area contributed by atoms with Crippen LogP contribution in [0.4, 0.5) is 0 Å². The third kappa shape index (κ3) is 4.10. The minimum absolute atomic E-state index is 0.0501. The van der Waals surface area contributed by atoms with Crippen LogP contribution in [0.5, 0.6) is 0 Å². The van der Waals surface area contributed by atoms with E-state index >= 15 is 0 Å². The van der Waals surface area contributed by atoms with Crippen molar-refractivity contribution in [1.82, 2.24) is 19.7 Å². The van der Waals surface area contributed by atoms with Gasteiger partial charge in [0, 0.05) is 24.7 Å². The lowest BCUT2D eigenvalue weighted by molar-refractivity contribution is -0.136. The monoisotopic (exact) mass is 410 g/mol. The Bertz CT molecular complexity index is 1010. The number of carbonyl (C=O) groups excluding carboxylic acids is 2. The van der Waals surface area contributed by atoms with E-state index < -0.39 is 0 Å². The minimum Gasteiger partial charge on any atom is -0.342 e. The van der Waals surface area contributed by atoms with Gasteiger partial charge in [0.2, 0.25) is 5.91 Å². The van der Waals surface area contributed by atoms with Crippen molar-refractivity contribution in [3.63, 3.8) is 0 Å². The SMILES string of the molecule is Cc1cc(C)n(CC(C)C(=O)N2CCC(C(=O)c3nc4ccccc4s3)CC2)n1. The first-order valence-corrected chi connectivity index (χ1v) is 10.9. The van der Waals surface area contributed by atoms with Crippen LogP contribution in [0.25, 0.3) is 10.2 Å². The summed E-state index contributed by atoms with van der Waals surface area (Å²) < 4.78 is 2.95. The Labute approximate surface area is 174 Å². The van der Waals surface area contributed by atoms with E-state index in [0.29, 0.717) is 37.5 Å². The summed E-state index contributed by atoms with van der Waals surface area (Å²) in [7, 11) is 0. The first-order valence-electron chi connectivity index (χ1n) is 10.1. The van der Waals surface area contributed by atoms with Gasteiger partial charge in [-0.25, -0.2) is 4.98 Å². The van der Waals surface area contributed by atoms with Gasteiger partial charge < -0.3 is 4.90 Å². The number of benzene rings is 1. The average Bonchev–Trinajstić information content (AvgIpc) is 3.29. The maximum absolute atomic E-state index is 12.9. The molecule has 1 saturated heterocycles. The summed E-state index contributed by atoms with van der Waals surface area (Å²) >= 11 is 1.46. The van der Waals surface area contributed by atoms with Crippen molar-refractivity contribution >= 4 is 33.2 Å². The molecule has 6 nitrogen and oxygen atoms in total. The number of hydrogen-bond acceptors (Lipinski definition) is 5. The summed E-state index contributed by atoms with van der Waals surface area (Å²) in [5.41, 5.74) is 2.92. The fourth-order valence-corrected chi connectivity index (χ4v) is 5.01. The van der Waals surface area contributed by atoms with E-state index in [-0.39, 0.29) is 23.5 Å². The second-order valence-electron chi connectivity index (χ2n) is 7.96. The molecule has 0 bridgehead atoms. The lowest BCUT2D eigenvalue weighted by Gasteiger charge is -2.32. The van der Waals surface area contributed by atoms with Crippen molar-refractivity contribution in [1.29, 1.82) is 0 Å². The van der Waals surface area contributed by atoms with E-state index in [0.717, 1.165) is 21.6 Å². The van der Waals surface area contributed by atoms with Gasteiger partial charge in [-0.15, -0.1) is 11.3 Å². The van der Waals surface area contributed by atoms with Crippen LogP contribution >= 0.6 is 11.3 Å². The van der Waals surface area contributed by atoms with E-state index in [1.807, 2.05) is 60.7 Å². The van der Waals surface area contributed by atoms with Crippen molar-refractivity contribution in [3.05, 3.63) is 46.7 Å². The third-order valence-electron chi connectivity index (χ3n) is 5.65. The molecule has 29 heavy (non-hydrogen) atoms. The van der Waals surface area contributed by atoms with Crippen LogP contribution in [0.3, 0.4) is 0 Å². The molecule has 1 aromatic carbocycles. The van der Waals surface area contributed by atoms with Crippen LogP contribution in [0.2, 0.25) is 0 Å². The van der Waals surface area contributed by atoms with Crippen molar-refractivity contribution in [2.45, 2.75) is 40.2 Å². The summed E-state index contributed by atoms with van der Waals surface area (Å²) in [5, 5.41) is 5.05. The smallest absolute Gasteiger partial charge is 0.227 e. The Morgan fingerprint density at radius 1 is 1.21 bits per heavy atom. The largest absolute Gasteiger partial charge is 0.342 e. The molecule has 7 heteroatoms. The van der Waals surface area contributed by atoms with Gasteiger partial charge in [0.05, 0.1) is 28.4 Å². The van der Waals surface area contributed by atoms with E-state index in [2.05, 4.69) is 10.1 Å². The Kier molecular flexibility index (Phi) is 5.50. The highest BCUT2D eigenvalue weighted by atomic mass is 32.1. The van der Waals surface area contributed by atoms with Crippen molar-refractivity contribution in [3.8, 4) is 0 Å². The van der Waals surface area contributed by atoms with Crippen LogP contribution in [-0.4, -0.2) is 44.4 Å². The molecule has 0 N–H and O–H groups in total. The second kappa shape index (κ2) is 8.06. The summed E-state index contributed by atoms with van der Waals surface area (Å²) in [6.45, 7) is 7.77. The Morgan fingerprint density at radius 2 is 1.93 bits per heavy atom. The predicted octanol–water partition coefficient (Wildman–Crippen LogP) is 3.87. The number of ketones is 1. The lowest BCUT2D eigenvalue weighted by atomic mass is 9.92. The van der Waals surface area contributed by atoms with Gasteiger partial charge in [0.15, 0.2) is 10.8 Å². The zero-order valence-corrected chi connectivity index (χ0v) is 17.9. The molecule has 1 unspecified atom stereocenters. The van der Waals surface area contributed by atoms with E-state index in [1.165, 1.54) is 11.3 Å². The molecule has 1 aliphatic heterocycles. The van der Waals surface area contributed by atoms with Gasteiger partial charge in [-0.2, -0.15) is 5.10 Å². The Hall–Kier alpha value is -2.54. The molecule has 3 aromatic rings. The maximum atomic E-state index is 12.9. The molecule has 4 rings (SSSR count). The maximum Gasteiger partial charge on any atom is 0.227 e. The highest BCUT2D eigenvalue weighted by molar-refractivity contribution is 7.20.